The Labute approximate surface area is 91.1 Å². The fourth-order valence-corrected chi connectivity index (χ4v) is 1.57. The van der Waals surface area contributed by atoms with Gasteiger partial charge in [-0.05, 0) is 29.8 Å². The zero-order chi connectivity index (χ0) is 10.6. The van der Waals surface area contributed by atoms with Crippen molar-refractivity contribution in [1.29, 1.82) is 0 Å². The van der Waals surface area contributed by atoms with Crippen LogP contribution in [-0.4, -0.2) is 5.91 Å². The van der Waals surface area contributed by atoms with Crippen molar-refractivity contribution in [2.45, 2.75) is 6.54 Å². The van der Waals surface area contributed by atoms with Crippen LogP contribution < -0.4 is 11.1 Å². The first kappa shape index (κ1) is 10.9. The van der Waals surface area contributed by atoms with Gasteiger partial charge in [-0.25, -0.2) is 0 Å². The van der Waals surface area contributed by atoms with Gasteiger partial charge in [-0.3, -0.25) is 4.79 Å². The van der Waals surface area contributed by atoms with E-state index in [1.807, 2.05) is 12.1 Å². The van der Waals surface area contributed by atoms with Gasteiger partial charge in [-0.2, -0.15) is 0 Å². The first-order valence-electron chi connectivity index (χ1n) is 4.08. The summed E-state index contributed by atoms with van der Waals surface area (Å²) in [5, 5.41) is 2.66. The molecule has 0 fully saturated rings. The highest BCUT2D eigenvalue weighted by Crippen LogP contribution is 2.19. The summed E-state index contributed by atoms with van der Waals surface area (Å²) in [7, 11) is 0. The van der Waals surface area contributed by atoms with Crippen LogP contribution in [0.4, 0.5) is 5.69 Å². The van der Waals surface area contributed by atoms with E-state index in [0.29, 0.717) is 12.2 Å². The topological polar surface area (TPSA) is 55.1 Å². The highest BCUT2D eigenvalue weighted by molar-refractivity contribution is 9.10. The molecule has 4 heteroatoms. The lowest BCUT2D eigenvalue weighted by Gasteiger charge is -2.05. The number of carbonyl (C=O) groups excluding carboxylic acids is 1. The van der Waals surface area contributed by atoms with Gasteiger partial charge >= 0.3 is 0 Å². The van der Waals surface area contributed by atoms with Gasteiger partial charge in [0.25, 0.3) is 0 Å². The van der Waals surface area contributed by atoms with Crippen LogP contribution in [0.2, 0.25) is 0 Å². The molecule has 0 spiro atoms. The van der Waals surface area contributed by atoms with Crippen molar-refractivity contribution in [1.82, 2.24) is 0 Å². The predicted molar refractivity (Wildman–Crippen MR) is 60.9 cm³/mol. The van der Waals surface area contributed by atoms with Gasteiger partial charge in [0.1, 0.15) is 0 Å². The lowest BCUT2D eigenvalue weighted by molar-refractivity contribution is -0.111. The van der Waals surface area contributed by atoms with Gasteiger partial charge in [-0.15, -0.1) is 0 Å². The summed E-state index contributed by atoms with van der Waals surface area (Å²) in [6.45, 7) is 3.81. The van der Waals surface area contributed by atoms with Gasteiger partial charge < -0.3 is 11.1 Å². The summed E-state index contributed by atoms with van der Waals surface area (Å²) in [4.78, 5) is 11.0. The molecule has 14 heavy (non-hydrogen) atoms. The third kappa shape index (κ3) is 2.97. The van der Waals surface area contributed by atoms with E-state index in [1.165, 1.54) is 6.08 Å². The molecule has 0 heterocycles. The Hall–Kier alpha value is -1.13. The maximum absolute atomic E-state index is 11.0. The quantitative estimate of drug-likeness (QED) is 0.812. The van der Waals surface area contributed by atoms with Gasteiger partial charge in [0.15, 0.2) is 0 Å². The molecule has 0 atom stereocenters. The third-order valence-electron chi connectivity index (χ3n) is 1.65. The van der Waals surface area contributed by atoms with Crippen LogP contribution >= 0.6 is 15.9 Å². The molecule has 1 rings (SSSR count). The average molecular weight is 255 g/mol. The van der Waals surface area contributed by atoms with Crippen LogP contribution in [0.5, 0.6) is 0 Å². The summed E-state index contributed by atoms with van der Waals surface area (Å²) < 4.78 is 0.889. The summed E-state index contributed by atoms with van der Waals surface area (Å²) >= 11 is 3.33. The minimum atomic E-state index is -0.230. The number of halogens is 1. The number of rotatable bonds is 3. The normalized spacial score (nSPS) is 9.57. The minimum absolute atomic E-state index is 0.230. The van der Waals surface area contributed by atoms with Crippen LogP contribution in [-0.2, 0) is 11.3 Å². The molecular weight excluding hydrogens is 244 g/mol. The fraction of sp³-hybridized carbons (Fsp3) is 0.100. The van der Waals surface area contributed by atoms with E-state index in [4.69, 9.17) is 5.73 Å². The first-order chi connectivity index (χ1) is 6.65. The standard InChI is InChI=1S/C10H11BrN2O/c1-2-10(14)13-9-4-7(6-12)3-8(11)5-9/h2-5H,1,6,12H2,(H,13,14). The van der Waals surface area contributed by atoms with Gasteiger partial charge in [-0.1, -0.05) is 22.5 Å². The van der Waals surface area contributed by atoms with Crippen LogP contribution in [0.1, 0.15) is 5.56 Å². The molecule has 0 aromatic heterocycles. The zero-order valence-corrected chi connectivity index (χ0v) is 9.17. The number of hydrogen-bond acceptors (Lipinski definition) is 2. The molecular formula is C10H11BrN2O. The molecule has 3 nitrogen and oxygen atoms in total. The Kier molecular flexibility index (Phi) is 3.85. The predicted octanol–water partition coefficient (Wildman–Crippen LogP) is 2.03. The highest BCUT2D eigenvalue weighted by atomic mass is 79.9. The van der Waals surface area contributed by atoms with Crippen LogP contribution in [0.3, 0.4) is 0 Å². The highest BCUT2D eigenvalue weighted by Gasteiger charge is 2.00. The smallest absolute Gasteiger partial charge is 0.247 e. The van der Waals surface area contributed by atoms with Crippen molar-refractivity contribution >= 4 is 27.5 Å². The summed E-state index contributed by atoms with van der Waals surface area (Å²) in [5.74, 6) is -0.230. The Morgan fingerprint density at radius 1 is 1.57 bits per heavy atom. The molecule has 1 amide bonds. The van der Waals surface area contributed by atoms with Gasteiger partial charge in [0.05, 0.1) is 0 Å². The molecule has 1 aromatic rings. The molecule has 0 aliphatic rings. The van der Waals surface area contributed by atoms with Gasteiger partial charge in [0.2, 0.25) is 5.91 Å². The molecule has 0 saturated carbocycles. The molecule has 0 aliphatic carbocycles. The number of carbonyl (C=O) groups is 1. The molecule has 0 aliphatic heterocycles. The van der Waals surface area contributed by atoms with E-state index in [-0.39, 0.29) is 5.91 Å². The second-order valence-electron chi connectivity index (χ2n) is 2.75. The first-order valence-corrected chi connectivity index (χ1v) is 4.88. The maximum atomic E-state index is 11.0. The third-order valence-corrected chi connectivity index (χ3v) is 2.10. The fourth-order valence-electron chi connectivity index (χ4n) is 1.03. The second-order valence-corrected chi connectivity index (χ2v) is 3.66. The Morgan fingerprint density at radius 3 is 2.86 bits per heavy atom. The average Bonchev–Trinajstić information content (AvgIpc) is 2.16. The Morgan fingerprint density at radius 2 is 2.29 bits per heavy atom. The maximum Gasteiger partial charge on any atom is 0.247 e. The lowest BCUT2D eigenvalue weighted by atomic mass is 10.2. The molecule has 74 valence electrons. The Balaban J connectivity index is 2.91. The van der Waals surface area contributed by atoms with Crippen molar-refractivity contribution in [2.24, 2.45) is 5.73 Å². The van der Waals surface area contributed by atoms with Gasteiger partial charge in [0, 0.05) is 16.7 Å². The number of nitrogens with one attached hydrogen (secondary N) is 1. The van der Waals surface area contributed by atoms with E-state index in [1.54, 1.807) is 6.07 Å². The largest absolute Gasteiger partial charge is 0.326 e. The number of benzene rings is 1. The van der Waals surface area contributed by atoms with E-state index >= 15 is 0 Å². The summed E-state index contributed by atoms with van der Waals surface area (Å²) in [6.07, 6.45) is 1.23. The van der Waals surface area contributed by atoms with E-state index < -0.39 is 0 Å². The number of anilines is 1. The van der Waals surface area contributed by atoms with E-state index in [9.17, 15) is 4.79 Å². The number of amides is 1. The summed E-state index contributed by atoms with van der Waals surface area (Å²) in [5.41, 5.74) is 7.17. The molecule has 1 aromatic carbocycles. The number of nitrogens with two attached hydrogens (primary N) is 1. The van der Waals surface area contributed by atoms with Crippen LogP contribution in [0.15, 0.2) is 35.3 Å². The Bertz CT molecular complexity index is 363. The molecule has 0 radical (unpaired) electrons. The molecule has 0 unspecified atom stereocenters. The molecule has 0 saturated heterocycles. The van der Waals surface area contributed by atoms with E-state index in [0.717, 1.165) is 10.0 Å². The SMILES string of the molecule is C=CC(=O)Nc1cc(Br)cc(CN)c1. The second kappa shape index (κ2) is 4.93. The monoisotopic (exact) mass is 254 g/mol. The van der Waals surface area contributed by atoms with Crippen LogP contribution in [0, 0.1) is 0 Å². The zero-order valence-electron chi connectivity index (χ0n) is 7.59. The minimum Gasteiger partial charge on any atom is -0.326 e. The number of hydrogen-bond donors (Lipinski definition) is 2. The van der Waals surface area contributed by atoms with E-state index in [2.05, 4.69) is 27.8 Å². The molecule has 0 bridgehead atoms. The summed E-state index contributed by atoms with van der Waals surface area (Å²) in [6, 6.07) is 5.54. The van der Waals surface area contributed by atoms with Crippen molar-refractivity contribution < 1.29 is 4.79 Å². The lowest BCUT2D eigenvalue weighted by Crippen LogP contribution is -2.08. The van der Waals surface area contributed by atoms with Crippen molar-refractivity contribution in [3.8, 4) is 0 Å². The van der Waals surface area contributed by atoms with Crippen LogP contribution in [0.25, 0.3) is 0 Å². The van der Waals surface area contributed by atoms with Crippen molar-refractivity contribution in [3.63, 3.8) is 0 Å². The van der Waals surface area contributed by atoms with Crippen molar-refractivity contribution in [2.75, 3.05) is 5.32 Å². The molecule has 3 N–H and O–H groups in total. The van der Waals surface area contributed by atoms with Crippen molar-refractivity contribution in [3.05, 3.63) is 40.9 Å².